The number of nitrogens with zero attached hydrogens (tertiary/aromatic N) is 2. The Morgan fingerprint density at radius 2 is 2.00 bits per heavy atom. The molecule has 0 aliphatic heterocycles. The summed E-state index contributed by atoms with van der Waals surface area (Å²) < 4.78 is 5.21. The van der Waals surface area contributed by atoms with E-state index < -0.39 is 0 Å². The van der Waals surface area contributed by atoms with Gasteiger partial charge in [0, 0.05) is 10.8 Å². The highest BCUT2D eigenvalue weighted by molar-refractivity contribution is 7.99. The van der Waals surface area contributed by atoms with Crippen LogP contribution in [0.3, 0.4) is 0 Å². The molecule has 5 heteroatoms. The number of aromatic nitrogens is 2. The summed E-state index contributed by atoms with van der Waals surface area (Å²) in [6.45, 7) is 3.76. The standard InChI is InChI=1S/C13H16N2O2S/c1-9(16)10(2)18-8-12-14-13(17-15-12)11-6-4-3-5-7-11/h3-7,9-10,16H,8H2,1-2H3. The zero-order valence-corrected chi connectivity index (χ0v) is 11.2. The first-order chi connectivity index (χ1) is 8.66. The number of benzene rings is 1. The summed E-state index contributed by atoms with van der Waals surface area (Å²) >= 11 is 1.61. The van der Waals surface area contributed by atoms with Crippen molar-refractivity contribution in [2.45, 2.75) is 31.0 Å². The Bertz CT molecular complexity index is 485. The number of rotatable bonds is 5. The minimum atomic E-state index is -0.338. The van der Waals surface area contributed by atoms with Gasteiger partial charge in [0.25, 0.3) is 5.89 Å². The molecule has 0 saturated carbocycles. The van der Waals surface area contributed by atoms with Crippen molar-refractivity contribution in [1.82, 2.24) is 10.1 Å². The van der Waals surface area contributed by atoms with Crippen LogP contribution in [-0.4, -0.2) is 26.6 Å². The van der Waals surface area contributed by atoms with Gasteiger partial charge in [-0.2, -0.15) is 4.98 Å². The number of aliphatic hydroxyl groups excluding tert-OH is 1. The Hall–Kier alpha value is -1.33. The lowest BCUT2D eigenvalue weighted by atomic mass is 10.2. The van der Waals surface area contributed by atoms with E-state index in [1.165, 1.54) is 0 Å². The van der Waals surface area contributed by atoms with E-state index in [-0.39, 0.29) is 11.4 Å². The van der Waals surface area contributed by atoms with Crippen LogP contribution in [0.15, 0.2) is 34.9 Å². The Balaban J connectivity index is 1.99. The van der Waals surface area contributed by atoms with Gasteiger partial charge in [-0.15, -0.1) is 11.8 Å². The number of hydrogen-bond donors (Lipinski definition) is 1. The zero-order valence-electron chi connectivity index (χ0n) is 10.4. The fraction of sp³-hybridized carbons (Fsp3) is 0.385. The van der Waals surface area contributed by atoms with Crippen LogP contribution in [0.4, 0.5) is 0 Å². The summed E-state index contributed by atoms with van der Waals surface area (Å²) in [5.41, 5.74) is 0.921. The molecule has 0 radical (unpaired) electrons. The summed E-state index contributed by atoms with van der Waals surface area (Å²) in [6, 6.07) is 9.68. The van der Waals surface area contributed by atoms with Crippen molar-refractivity contribution in [1.29, 1.82) is 0 Å². The second-order valence-corrected chi connectivity index (χ2v) is 5.50. The van der Waals surface area contributed by atoms with Crippen molar-refractivity contribution < 1.29 is 9.63 Å². The average molecular weight is 264 g/mol. The molecule has 0 aliphatic carbocycles. The molecule has 2 aromatic rings. The van der Waals surface area contributed by atoms with E-state index in [9.17, 15) is 5.11 Å². The van der Waals surface area contributed by atoms with E-state index in [0.29, 0.717) is 17.5 Å². The predicted octanol–water partition coefficient (Wildman–Crippen LogP) is 2.74. The molecule has 0 bridgehead atoms. The smallest absolute Gasteiger partial charge is 0.257 e. The van der Waals surface area contributed by atoms with Crippen LogP contribution >= 0.6 is 11.8 Å². The number of aliphatic hydroxyl groups is 1. The first kappa shape index (κ1) is 13.1. The number of thioether (sulfide) groups is 1. The van der Waals surface area contributed by atoms with E-state index in [2.05, 4.69) is 10.1 Å². The fourth-order valence-corrected chi connectivity index (χ4v) is 2.16. The van der Waals surface area contributed by atoms with Gasteiger partial charge in [0.2, 0.25) is 0 Å². The van der Waals surface area contributed by atoms with Crippen LogP contribution in [0.5, 0.6) is 0 Å². The summed E-state index contributed by atoms with van der Waals surface area (Å²) in [5, 5.41) is 13.5. The zero-order chi connectivity index (χ0) is 13.0. The van der Waals surface area contributed by atoms with Gasteiger partial charge in [-0.05, 0) is 19.1 Å². The van der Waals surface area contributed by atoms with Gasteiger partial charge in [0.1, 0.15) is 0 Å². The highest BCUT2D eigenvalue weighted by atomic mass is 32.2. The van der Waals surface area contributed by atoms with Crippen LogP contribution in [0.2, 0.25) is 0 Å². The Kier molecular flexibility index (Phi) is 4.38. The molecule has 1 N–H and O–H groups in total. The van der Waals surface area contributed by atoms with E-state index >= 15 is 0 Å². The molecular weight excluding hydrogens is 248 g/mol. The second-order valence-electron chi connectivity index (χ2n) is 4.14. The average Bonchev–Trinajstić information content (AvgIpc) is 2.85. The van der Waals surface area contributed by atoms with Gasteiger partial charge in [0.05, 0.1) is 11.9 Å². The molecule has 4 nitrogen and oxygen atoms in total. The van der Waals surface area contributed by atoms with E-state index in [0.717, 1.165) is 5.56 Å². The molecule has 1 aromatic carbocycles. The SMILES string of the molecule is CC(O)C(C)SCc1noc(-c2ccccc2)n1. The Morgan fingerprint density at radius 1 is 1.28 bits per heavy atom. The van der Waals surface area contributed by atoms with Crippen LogP contribution < -0.4 is 0 Å². The highest BCUT2D eigenvalue weighted by Gasteiger charge is 2.13. The molecule has 0 fully saturated rings. The van der Waals surface area contributed by atoms with Gasteiger partial charge in [-0.1, -0.05) is 30.3 Å². The third-order valence-corrected chi connectivity index (χ3v) is 3.99. The molecule has 2 unspecified atom stereocenters. The maximum atomic E-state index is 9.40. The minimum Gasteiger partial charge on any atom is -0.392 e. The maximum absolute atomic E-state index is 9.40. The second kappa shape index (κ2) is 6.02. The minimum absolute atomic E-state index is 0.156. The van der Waals surface area contributed by atoms with Crippen LogP contribution in [0.25, 0.3) is 11.5 Å². The van der Waals surface area contributed by atoms with Crippen molar-refractivity contribution in [3.05, 3.63) is 36.2 Å². The molecule has 1 heterocycles. The van der Waals surface area contributed by atoms with E-state index in [4.69, 9.17) is 4.52 Å². The van der Waals surface area contributed by atoms with E-state index in [1.807, 2.05) is 37.3 Å². The first-order valence-electron chi connectivity index (χ1n) is 5.84. The molecule has 96 valence electrons. The van der Waals surface area contributed by atoms with Gasteiger partial charge >= 0.3 is 0 Å². The van der Waals surface area contributed by atoms with Crippen molar-refractivity contribution in [2.75, 3.05) is 0 Å². The largest absolute Gasteiger partial charge is 0.392 e. The van der Waals surface area contributed by atoms with E-state index in [1.54, 1.807) is 18.7 Å². The third-order valence-electron chi connectivity index (χ3n) is 2.64. The van der Waals surface area contributed by atoms with Crippen LogP contribution in [-0.2, 0) is 5.75 Å². The lowest BCUT2D eigenvalue weighted by molar-refractivity contribution is 0.196. The lowest BCUT2D eigenvalue weighted by Gasteiger charge is -2.11. The Morgan fingerprint density at radius 3 is 2.67 bits per heavy atom. The molecule has 0 spiro atoms. The topological polar surface area (TPSA) is 59.2 Å². The summed E-state index contributed by atoms with van der Waals surface area (Å²) in [4.78, 5) is 4.33. The fourth-order valence-electron chi connectivity index (χ4n) is 1.36. The highest BCUT2D eigenvalue weighted by Crippen LogP contribution is 2.21. The van der Waals surface area contributed by atoms with Gasteiger partial charge in [-0.25, -0.2) is 0 Å². The quantitative estimate of drug-likeness (QED) is 0.899. The van der Waals surface area contributed by atoms with Crippen molar-refractivity contribution in [3.63, 3.8) is 0 Å². The van der Waals surface area contributed by atoms with Crippen molar-refractivity contribution >= 4 is 11.8 Å². The Labute approximate surface area is 110 Å². The van der Waals surface area contributed by atoms with Gasteiger partial charge in [-0.3, -0.25) is 0 Å². The van der Waals surface area contributed by atoms with Crippen LogP contribution in [0, 0.1) is 0 Å². The molecule has 1 aromatic heterocycles. The molecule has 0 aliphatic rings. The third kappa shape index (κ3) is 3.34. The predicted molar refractivity (Wildman–Crippen MR) is 72.2 cm³/mol. The maximum Gasteiger partial charge on any atom is 0.257 e. The summed E-state index contributed by atoms with van der Waals surface area (Å²) in [6.07, 6.45) is -0.338. The number of hydrogen-bond acceptors (Lipinski definition) is 5. The lowest BCUT2D eigenvalue weighted by Crippen LogP contribution is -2.15. The molecule has 2 atom stereocenters. The van der Waals surface area contributed by atoms with Crippen molar-refractivity contribution in [2.24, 2.45) is 0 Å². The summed E-state index contributed by atoms with van der Waals surface area (Å²) in [7, 11) is 0. The molecule has 2 rings (SSSR count). The van der Waals surface area contributed by atoms with Crippen molar-refractivity contribution in [3.8, 4) is 11.5 Å². The molecule has 18 heavy (non-hydrogen) atoms. The van der Waals surface area contributed by atoms with Gasteiger partial charge in [0.15, 0.2) is 5.82 Å². The van der Waals surface area contributed by atoms with Crippen LogP contribution in [0.1, 0.15) is 19.7 Å². The monoisotopic (exact) mass is 264 g/mol. The normalized spacial score (nSPS) is 14.4. The van der Waals surface area contributed by atoms with Gasteiger partial charge < -0.3 is 9.63 Å². The molecule has 0 saturated heterocycles. The molecule has 0 amide bonds. The molecular formula is C13H16N2O2S. The first-order valence-corrected chi connectivity index (χ1v) is 6.89. The summed E-state index contributed by atoms with van der Waals surface area (Å²) in [5.74, 6) is 1.84.